The van der Waals surface area contributed by atoms with E-state index < -0.39 is 17.9 Å². The minimum atomic E-state index is -1.23. The van der Waals surface area contributed by atoms with Crippen LogP contribution in [0.15, 0.2) is 0 Å². The summed E-state index contributed by atoms with van der Waals surface area (Å²) >= 11 is 0. The molecule has 78 valence electrons. The zero-order chi connectivity index (χ0) is 10.3. The SMILES string of the molecule is CCCCCCC(C(=O)O)C(=O)O.[Ca]. The van der Waals surface area contributed by atoms with Crippen molar-refractivity contribution in [2.75, 3.05) is 0 Å². The summed E-state index contributed by atoms with van der Waals surface area (Å²) in [5.41, 5.74) is 0. The number of hydrogen-bond acceptors (Lipinski definition) is 2. The predicted octanol–water partition coefficient (Wildman–Crippen LogP) is 1.36. The van der Waals surface area contributed by atoms with Crippen LogP contribution in [0.1, 0.15) is 39.0 Å². The maximum absolute atomic E-state index is 10.4. The molecule has 0 rings (SSSR count). The summed E-state index contributed by atoms with van der Waals surface area (Å²) in [5, 5.41) is 17.0. The van der Waals surface area contributed by atoms with Crippen molar-refractivity contribution in [3.63, 3.8) is 0 Å². The molecule has 0 heterocycles. The summed E-state index contributed by atoms with van der Waals surface area (Å²) in [7, 11) is 0. The Morgan fingerprint density at radius 2 is 1.57 bits per heavy atom. The van der Waals surface area contributed by atoms with Crippen LogP contribution in [-0.4, -0.2) is 59.9 Å². The summed E-state index contributed by atoms with van der Waals surface area (Å²) in [4.78, 5) is 20.8. The van der Waals surface area contributed by atoms with Gasteiger partial charge in [-0.25, -0.2) is 0 Å². The minimum absolute atomic E-state index is 0. The van der Waals surface area contributed by atoms with Crippen molar-refractivity contribution in [3.05, 3.63) is 0 Å². The van der Waals surface area contributed by atoms with E-state index in [4.69, 9.17) is 10.2 Å². The molecule has 0 aromatic rings. The van der Waals surface area contributed by atoms with Crippen LogP contribution in [0.25, 0.3) is 0 Å². The molecule has 0 aromatic heterocycles. The summed E-state index contributed by atoms with van der Waals surface area (Å²) in [5.74, 6) is -3.69. The quantitative estimate of drug-likeness (QED) is 0.392. The molecule has 0 unspecified atom stereocenters. The number of aliphatic carboxylic acids is 2. The molecule has 2 N–H and O–H groups in total. The Balaban J connectivity index is 0. The zero-order valence-electron chi connectivity index (χ0n) is 8.53. The number of unbranched alkanes of at least 4 members (excludes halogenated alkanes) is 3. The van der Waals surface area contributed by atoms with Crippen molar-refractivity contribution in [2.45, 2.75) is 39.0 Å². The van der Waals surface area contributed by atoms with Gasteiger partial charge in [-0.1, -0.05) is 32.6 Å². The molecule has 0 aromatic carbocycles. The van der Waals surface area contributed by atoms with Gasteiger partial charge >= 0.3 is 11.9 Å². The van der Waals surface area contributed by atoms with Crippen LogP contribution >= 0.6 is 0 Å². The van der Waals surface area contributed by atoms with Gasteiger partial charge in [0.1, 0.15) is 0 Å². The van der Waals surface area contributed by atoms with Gasteiger partial charge in [0.15, 0.2) is 5.92 Å². The molecule has 0 spiro atoms. The number of carbonyl (C=O) groups is 2. The summed E-state index contributed by atoms with van der Waals surface area (Å²) < 4.78 is 0. The largest absolute Gasteiger partial charge is 0.481 e. The smallest absolute Gasteiger partial charge is 0.317 e. The Bertz CT molecular complexity index is 168. The number of rotatable bonds is 7. The van der Waals surface area contributed by atoms with E-state index in [1.165, 1.54) is 0 Å². The number of carboxylic acid groups (broad SMARTS) is 2. The van der Waals surface area contributed by atoms with Crippen molar-refractivity contribution in [2.24, 2.45) is 5.92 Å². The van der Waals surface area contributed by atoms with E-state index in [-0.39, 0.29) is 44.2 Å². The van der Waals surface area contributed by atoms with Crippen molar-refractivity contribution < 1.29 is 19.8 Å². The average Bonchev–Trinajstić information content (AvgIpc) is 2.02. The first-order chi connectivity index (χ1) is 6.09. The van der Waals surface area contributed by atoms with Crippen LogP contribution in [-0.2, 0) is 9.59 Å². The molecule has 5 heteroatoms. The fourth-order valence-electron chi connectivity index (χ4n) is 1.13. The molecule has 0 bridgehead atoms. The van der Waals surface area contributed by atoms with Gasteiger partial charge in [-0.05, 0) is 6.42 Å². The maximum Gasteiger partial charge on any atom is 0.317 e. The fraction of sp³-hybridized carbons (Fsp3) is 0.778. The molecule has 0 saturated heterocycles. The Morgan fingerprint density at radius 1 is 1.07 bits per heavy atom. The standard InChI is InChI=1S/C9H16O4.Ca/c1-2-3-4-5-6-7(8(10)11)9(12)13;/h7H,2-6H2,1H3,(H,10,11)(H,12,13);. The van der Waals surface area contributed by atoms with Crippen LogP contribution in [0.2, 0.25) is 0 Å². The number of hydrogen-bond donors (Lipinski definition) is 2. The molecule has 14 heavy (non-hydrogen) atoms. The van der Waals surface area contributed by atoms with Gasteiger partial charge in [-0.3, -0.25) is 9.59 Å². The van der Waals surface area contributed by atoms with E-state index in [0.717, 1.165) is 19.3 Å². The number of carboxylic acids is 2. The van der Waals surface area contributed by atoms with Crippen molar-refractivity contribution in [1.82, 2.24) is 0 Å². The Kier molecular flexibility index (Phi) is 11.6. The third-order valence-electron chi connectivity index (χ3n) is 1.94. The van der Waals surface area contributed by atoms with Crippen molar-refractivity contribution in [1.29, 1.82) is 0 Å². The third-order valence-corrected chi connectivity index (χ3v) is 1.94. The molecule has 0 aliphatic rings. The summed E-state index contributed by atoms with van der Waals surface area (Å²) in [6, 6.07) is 0. The van der Waals surface area contributed by atoms with E-state index >= 15 is 0 Å². The van der Waals surface area contributed by atoms with E-state index in [9.17, 15) is 9.59 Å². The first-order valence-electron chi connectivity index (χ1n) is 4.55. The topological polar surface area (TPSA) is 74.6 Å². The van der Waals surface area contributed by atoms with Crippen LogP contribution in [0, 0.1) is 5.92 Å². The van der Waals surface area contributed by atoms with Crippen LogP contribution < -0.4 is 0 Å². The summed E-state index contributed by atoms with van der Waals surface area (Å²) in [6.45, 7) is 2.05. The minimum Gasteiger partial charge on any atom is -0.481 e. The molecular weight excluding hydrogens is 212 g/mol. The molecule has 0 atom stereocenters. The first-order valence-corrected chi connectivity index (χ1v) is 4.55. The predicted molar refractivity (Wildman–Crippen MR) is 53.3 cm³/mol. The van der Waals surface area contributed by atoms with E-state index in [1.54, 1.807) is 0 Å². The fourth-order valence-corrected chi connectivity index (χ4v) is 1.13. The van der Waals surface area contributed by atoms with Crippen molar-refractivity contribution in [3.8, 4) is 0 Å². The molecule has 2 radical (unpaired) electrons. The average molecular weight is 228 g/mol. The second kappa shape index (κ2) is 9.74. The molecule has 0 fully saturated rings. The molecular formula is C9H16CaO4. The molecule has 0 amide bonds. The van der Waals surface area contributed by atoms with E-state index in [0.29, 0.717) is 6.42 Å². The molecule has 0 aliphatic heterocycles. The Hall–Kier alpha value is 0.200. The van der Waals surface area contributed by atoms with Crippen LogP contribution in [0.5, 0.6) is 0 Å². The van der Waals surface area contributed by atoms with Gasteiger partial charge in [-0.15, -0.1) is 0 Å². The Labute approximate surface area is 114 Å². The Morgan fingerprint density at radius 3 is 1.93 bits per heavy atom. The van der Waals surface area contributed by atoms with Gasteiger partial charge in [0.05, 0.1) is 0 Å². The molecule has 4 nitrogen and oxygen atoms in total. The third kappa shape index (κ3) is 7.59. The van der Waals surface area contributed by atoms with Gasteiger partial charge in [0, 0.05) is 37.7 Å². The van der Waals surface area contributed by atoms with Gasteiger partial charge in [0.2, 0.25) is 0 Å². The second-order valence-electron chi connectivity index (χ2n) is 3.08. The monoisotopic (exact) mass is 228 g/mol. The molecule has 0 saturated carbocycles. The zero-order valence-corrected chi connectivity index (χ0v) is 10.7. The van der Waals surface area contributed by atoms with Gasteiger partial charge < -0.3 is 10.2 Å². The maximum atomic E-state index is 10.4. The van der Waals surface area contributed by atoms with E-state index in [2.05, 4.69) is 0 Å². The first kappa shape index (κ1) is 16.6. The molecule has 0 aliphatic carbocycles. The van der Waals surface area contributed by atoms with Crippen LogP contribution in [0.3, 0.4) is 0 Å². The van der Waals surface area contributed by atoms with Gasteiger partial charge in [-0.2, -0.15) is 0 Å². The second-order valence-corrected chi connectivity index (χ2v) is 3.08. The summed E-state index contributed by atoms with van der Waals surface area (Å²) in [6.07, 6.45) is 3.92. The van der Waals surface area contributed by atoms with Crippen LogP contribution in [0.4, 0.5) is 0 Å². The van der Waals surface area contributed by atoms with Crippen molar-refractivity contribution >= 4 is 49.7 Å². The van der Waals surface area contributed by atoms with Gasteiger partial charge in [0.25, 0.3) is 0 Å². The normalized spacial score (nSPS) is 9.57. The van der Waals surface area contributed by atoms with E-state index in [1.807, 2.05) is 6.92 Å².